The molecule has 21 heavy (non-hydrogen) atoms. The molecule has 0 aliphatic carbocycles. The highest BCUT2D eigenvalue weighted by Crippen LogP contribution is 2.39. The fraction of sp³-hybridized carbons (Fsp3) is 0.900. The van der Waals surface area contributed by atoms with Crippen LogP contribution < -0.4 is 5.32 Å². The second-order valence-corrected chi connectivity index (χ2v) is 7.23. The van der Waals surface area contributed by atoms with E-state index in [4.69, 9.17) is 0 Å². The zero-order valence-corrected chi connectivity index (χ0v) is 15.0. The zero-order chi connectivity index (χ0) is 15.4. The van der Waals surface area contributed by atoms with Crippen molar-refractivity contribution in [2.75, 3.05) is 13.1 Å². The van der Waals surface area contributed by atoms with Crippen molar-refractivity contribution >= 4 is 0 Å². The van der Waals surface area contributed by atoms with Gasteiger partial charge in [0.05, 0.1) is 0 Å². The summed E-state index contributed by atoms with van der Waals surface area (Å²) in [5.41, 5.74) is 2.17. The van der Waals surface area contributed by atoms with Crippen LogP contribution in [0.1, 0.15) is 97.8 Å². The summed E-state index contributed by atoms with van der Waals surface area (Å²) in [4.78, 5) is 0. The number of hydrogen-bond acceptors (Lipinski definition) is 1. The summed E-state index contributed by atoms with van der Waals surface area (Å²) in [6, 6.07) is 0. The molecule has 0 fully saturated rings. The standard InChI is InChI=1S/C20H39N/c1-4-6-8-10-12-16-20(3,15-11-9-7-5-2)19-14-13-17-21-18-19/h14,21H,4-13,15-18H2,1-3H3. The lowest BCUT2D eigenvalue weighted by Crippen LogP contribution is -2.31. The Morgan fingerprint density at radius 2 is 1.48 bits per heavy atom. The number of unbranched alkanes of at least 4 members (excludes halogenated alkanes) is 7. The van der Waals surface area contributed by atoms with E-state index in [1.54, 1.807) is 5.57 Å². The van der Waals surface area contributed by atoms with E-state index in [0.717, 1.165) is 6.54 Å². The Kier molecular flexibility index (Phi) is 10.1. The molecule has 1 N–H and O–H groups in total. The van der Waals surface area contributed by atoms with Gasteiger partial charge in [-0.1, -0.05) is 90.2 Å². The van der Waals surface area contributed by atoms with E-state index in [1.165, 1.54) is 83.6 Å². The Morgan fingerprint density at radius 3 is 2.00 bits per heavy atom. The van der Waals surface area contributed by atoms with Gasteiger partial charge in [0, 0.05) is 6.54 Å². The minimum atomic E-state index is 0.466. The summed E-state index contributed by atoms with van der Waals surface area (Å²) in [7, 11) is 0. The molecule has 0 radical (unpaired) electrons. The van der Waals surface area contributed by atoms with Crippen LogP contribution in [-0.2, 0) is 0 Å². The van der Waals surface area contributed by atoms with Gasteiger partial charge in [0.25, 0.3) is 0 Å². The molecule has 1 heteroatoms. The van der Waals surface area contributed by atoms with Crippen molar-refractivity contribution in [1.29, 1.82) is 0 Å². The average molecular weight is 294 g/mol. The third-order valence-corrected chi connectivity index (χ3v) is 5.22. The van der Waals surface area contributed by atoms with Gasteiger partial charge in [-0.25, -0.2) is 0 Å². The van der Waals surface area contributed by atoms with Crippen molar-refractivity contribution in [3.8, 4) is 0 Å². The Hall–Kier alpha value is -0.300. The molecule has 124 valence electrons. The molecule has 1 heterocycles. The lowest BCUT2D eigenvalue weighted by atomic mass is 9.72. The Balaban J connectivity index is 2.45. The van der Waals surface area contributed by atoms with Crippen molar-refractivity contribution < 1.29 is 0 Å². The summed E-state index contributed by atoms with van der Waals surface area (Å²) in [6.07, 6.45) is 19.2. The van der Waals surface area contributed by atoms with Crippen LogP contribution in [0.25, 0.3) is 0 Å². The first-order valence-electron chi connectivity index (χ1n) is 9.63. The topological polar surface area (TPSA) is 12.0 Å². The molecule has 0 saturated heterocycles. The lowest BCUT2D eigenvalue weighted by molar-refractivity contribution is 0.295. The van der Waals surface area contributed by atoms with Crippen LogP contribution in [0.15, 0.2) is 11.6 Å². The smallest absolute Gasteiger partial charge is 0.0170 e. The van der Waals surface area contributed by atoms with Crippen LogP contribution in [-0.4, -0.2) is 13.1 Å². The molecule has 1 unspecified atom stereocenters. The highest BCUT2D eigenvalue weighted by atomic mass is 14.9. The molecule has 0 spiro atoms. The van der Waals surface area contributed by atoms with Gasteiger partial charge in [0.15, 0.2) is 0 Å². The predicted octanol–water partition coefficient (Wildman–Crippen LogP) is 6.24. The van der Waals surface area contributed by atoms with Gasteiger partial charge < -0.3 is 5.32 Å². The lowest BCUT2D eigenvalue weighted by Gasteiger charge is -2.35. The summed E-state index contributed by atoms with van der Waals surface area (Å²) >= 11 is 0. The molecule has 0 aromatic rings. The quantitative estimate of drug-likeness (QED) is 0.331. The number of hydrogen-bond donors (Lipinski definition) is 1. The highest BCUT2D eigenvalue weighted by molar-refractivity contribution is 5.17. The molecular weight excluding hydrogens is 254 g/mol. The molecule has 0 bridgehead atoms. The minimum Gasteiger partial charge on any atom is -0.313 e. The van der Waals surface area contributed by atoms with Crippen LogP contribution >= 0.6 is 0 Å². The van der Waals surface area contributed by atoms with E-state index in [0.29, 0.717) is 5.41 Å². The van der Waals surface area contributed by atoms with Crippen molar-refractivity contribution in [3.63, 3.8) is 0 Å². The van der Waals surface area contributed by atoms with Crippen molar-refractivity contribution in [1.82, 2.24) is 5.32 Å². The molecule has 1 aliphatic rings. The molecule has 0 aromatic carbocycles. The number of nitrogens with one attached hydrogen (secondary N) is 1. The third-order valence-electron chi connectivity index (χ3n) is 5.22. The van der Waals surface area contributed by atoms with Gasteiger partial charge in [0.2, 0.25) is 0 Å². The third kappa shape index (κ3) is 7.49. The first-order chi connectivity index (χ1) is 10.2. The van der Waals surface area contributed by atoms with Crippen LogP contribution in [0.4, 0.5) is 0 Å². The molecule has 1 rings (SSSR count). The van der Waals surface area contributed by atoms with E-state index in [9.17, 15) is 0 Å². The van der Waals surface area contributed by atoms with Gasteiger partial charge in [-0.15, -0.1) is 0 Å². The SMILES string of the molecule is CCCCCCCC(C)(CCCCCC)C1=CCCNC1. The summed E-state index contributed by atoms with van der Waals surface area (Å²) in [5, 5.41) is 3.58. The fourth-order valence-corrected chi connectivity index (χ4v) is 3.61. The molecule has 1 atom stereocenters. The second kappa shape index (κ2) is 11.3. The van der Waals surface area contributed by atoms with E-state index >= 15 is 0 Å². The van der Waals surface area contributed by atoms with Gasteiger partial charge in [-0.05, 0) is 31.2 Å². The maximum atomic E-state index is 3.58. The molecule has 0 amide bonds. The number of rotatable bonds is 12. The normalized spacial score (nSPS) is 18.3. The predicted molar refractivity (Wildman–Crippen MR) is 95.8 cm³/mol. The summed E-state index contributed by atoms with van der Waals surface area (Å²) < 4.78 is 0. The van der Waals surface area contributed by atoms with Gasteiger partial charge in [-0.2, -0.15) is 0 Å². The van der Waals surface area contributed by atoms with Crippen LogP contribution in [0.3, 0.4) is 0 Å². The van der Waals surface area contributed by atoms with E-state index in [2.05, 4.69) is 32.2 Å². The van der Waals surface area contributed by atoms with Gasteiger partial charge >= 0.3 is 0 Å². The van der Waals surface area contributed by atoms with E-state index in [1.807, 2.05) is 0 Å². The molecule has 0 aromatic heterocycles. The minimum absolute atomic E-state index is 0.466. The monoisotopic (exact) mass is 293 g/mol. The van der Waals surface area contributed by atoms with Gasteiger partial charge in [-0.3, -0.25) is 0 Å². The van der Waals surface area contributed by atoms with Gasteiger partial charge in [0.1, 0.15) is 0 Å². The molecule has 1 aliphatic heterocycles. The fourth-order valence-electron chi connectivity index (χ4n) is 3.61. The van der Waals surface area contributed by atoms with Crippen molar-refractivity contribution in [3.05, 3.63) is 11.6 Å². The maximum Gasteiger partial charge on any atom is 0.0170 e. The van der Waals surface area contributed by atoms with Crippen LogP contribution in [0.5, 0.6) is 0 Å². The van der Waals surface area contributed by atoms with E-state index in [-0.39, 0.29) is 0 Å². The Bertz CT molecular complexity index is 282. The van der Waals surface area contributed by atoms with E-state index < -0.39 is 0 Å². The molecule has 1 nitrogen and oxygen atoms in total. The van der Waals surface area contributed by atoms with Crippen LogP contribution in [0.2, 0.25) is 0 Å². The summed E-state index contributed by atoms with van der Waals surface area (Å²) in [5.74, 6) is 0. The average Bonchev–Trinajstić information content (AvgIpc) is 2.52. The molecular formula is C20H39N. The van der Waals surface area contributed by atoms with Crippen molar-refractivity contribution in [2.45, 2.75) is 97.8 Å². The summed E-state index contributed by atoms with van der Waals surface area (Å²) in [6.45, 7) is 9.46. The largest absolute Gasteiger partial charge is 0.313 e. The zero-order valence-electron chi connectivity index (χ0n) is 15.0. The Morgan fingerprint density at radius 1 is 0.905 bits per heavy atom. The van der Waals surface area contributed by atoms with Crippen LogP contribution in [0, 0.1) is 5.41 Å². The molecule has 0 saturated carbocycles. The first kappa shape index (κ1) is 18.7. The first-order valence-corrected chi connectivity index (χ1v) is 9.63. The Labute approximate surface area is 134 Å². The van der Waals surface area contributed by atoms with Crippen molar-refractivity contribution in [2.24, 2.45) is 5.41 Å². The second-order valence-electron chi connectivity index (χ2n) is 7.23. The maximum absolute atomic E-state index is 3.58. The highest BCUT2D eigenvalue weighted by Gasteiger charge is 2.28.